The van der Waals surface area contributed by atoms with Crippen LogP contribution in [-0.2, 0) is 6.42 Å². The largest absolute Gasteiger partial charge is 0.508 e. The first-order chi connectivity index (χ1) is 16.0. The topological polar surface area (TPSA) is 97.6 Å². The number of phenolic OH excluding ortho intramolecular Hbond substituents is 1. The third-order valence-corrected chi connectivity index (χ3v) is 6.40. The number of piperazine rings is 1. The fourth-order valence-electron chi connectivity index (χ4n) is 4.98. The summed E-state index contributed by atoms with van der Waals surface area (Å²) in [6.07, 6.45) is 0.858. The number of aromatic nitrogens is 3. The summed E-state index contributed by atoms with van der Waals surface area (Å²) in [6, 6.07) is 15.6. The minimum atomic E-state index is -0.219. The Morgan fingerprint density at radius 1 is 0.970 bits per heavy atom. The molecule has 2 unspecified atom stereocenters. The molecule has 172 valence electrons. The molecule has 0 radical (unpaired) electrons. The normalized spacial score (nSPS) is 22.8. The van der Waals surface area contributed by atoms with Crippen molar-refractivity contribution in [1.29, 1.82) is 0 Å². The van der Waals surface area contributed by atoms with Gasteiger partial charge in [-0.15, -0.1) is 0 Å². The van der Waals surface area contributed by atoms with Gasteiger partial charge in [0.25, 0.3) is 0 Å². The minimum Gasteiger partial charge on any atom is -0.508 e. The zero-order valence-corrected chi connectivity index (χ0v) is 19.0. The Labute approximate surface area is 194 Å². The molecule has 0 spiro atoms. The van der Waals surface area contributed by atoms with E-state index in [0.717, 1.165) is 30.6 Å². The van der Waals surface area contributed by atoms with E-state index < -0.39 is 0 Å². The average molecular weight is 447 g/mol. The van der Waals surface area contributed by atoms with Gasteiger partial charge >= 0.3 is 0 Å². The van der Waals surface area contributed by atoms with E-state index in [-0.39, 0.29) is 18.4 Å². The van der Waals surface area contributed by atoms with Gasteiger partial charge in [-0.05, 0) is 43.5 Å². The summed E-state index contributed by atoms with van der Waals surface area (Å²) in [5.41, 5.74) is 3.09. The molecule has 0 amide bonds. The predicted octanol–water partition coefficient (Wildman–Crippen LogP) is 2.53. The van der Waals surface area contributed by atoms with Crippen LogP contribution in [0.3, 0.4) is 0 Å². The van der Waals surface area contributed by atoms with Gasteiger partial charge in [-0.1, -0.05) is 36.4 Å². The van der Waals surface area contributed by atoms with E-state index in [0.29, 0.717) is 36.3 Å². The minimum absolute atomic E-state index is 0.0266. The van der Waals surface area contributed by atoms with Gasteiger partial charge in [0, 0.05) is 37.3 Å². The zero-order valence-electron chi connectivity index (χ0n) is 19.0. The molecule has 0 bridgehead atoms. The molecule has 1 fully saturated rings. The van der Waals surface area contributed by atoms with Crippen molar-refractivity contribution in [2.45, 2.75) is 38.4 Å². The standard InChI is InChI=1S/C25H30N6O2/c1-16-13-30(14-17(2)26-16)24-27-23(19-7-5-8-20(33)12-19)28-25(29-24)31-11-10-18-6-3-4-9-21(18)22(31)15-32/h3-9,12,16-17,22,26,32-33H,10-11,13-15H2,1-2H3/t16?,17?,22-/m0/s1. The fraction of sp³-hybridized carbons (Fsp3) is 0.400. The van der Waals surface area contributed by atoms with Crippen LogP contribution in [0.2, 0.25) is 0 Å². The van der Waals surface area contributed by atoms with Crippen molar-refractivity contribution < 1.29 is 10.2 Å². The van der Waals surface area contributed by atoms with E-state index >= 15 is 0 Å². The molecule has 0 saturated carbocycles. The Bertz CT molecular complexity index is 1130. The first-order valence-electron chi connectivity index (χ1n) is 11.5. The highest BCUT2D eigenvalue weighted by atomic mass is 16.3. The lowest BCUT2D eigenvalue weighted by Gasteiger charge is -2.38. The first kappa shape index (κ1) is 21.6. The van der Waals surface area contributed by atoms with Gasteiger partial charge < -0.3 is 25.3 Å². The molecule has 1 saturated heterocycles. The molecule has 5 rings (SSSR count). The number of hydrogen-bond donors (Lipinski definition) is 3. The van der Waals surface area contributed by atoms with E-state index in [1.54, 1.807) is 18.2 Å². The van der Waals surface area contributed by atoms with E-state index in [2.05, 4.69) is 41.1 Å². The smallest absolute Gasteiger partial charge is 0.231 e. The number of hydrogen-bond acceptors (Lipinski definition) is 8. The molecule has 1 aromatic heterocycles. The molecule has 2 aliphatic heterocycles. The second-order valence-electron chi connectivity index (χ2n) is 9.02. The summed E-state index contributed by atoms with van der Waals surface area (Å²) in [4.78, 5) is 18.8. The van der Waals surface area contributed by atoms with Crippen molar-refractivity contribution >= 4 is 11.9 Å². The molecular weight excluding hydrogens is 416 g/mol. The third kappa shape index (κ3) is 4.36. The summed E-state index contributed by atoms with van der Waals surface area (Å²) in [7, 11) is 0. The molecule has 3 N–H and O–H groups in total. The SMILES string of the molecule is CC1CN(c2nc(-c3cccc(O)c3)nc(N3CCc4ccccc4[C@@H]3CO)n2)CC(C)N1. The number of fused-ring (bicyclic) bond motifs is 1. The number of anilines is 2. The van der Waals surface area contributed by atoms with Gasteiger partial charge in [-0.25, -0.2) is 0 Å². The molecule has 33 heavy (non-hydrogen) atoms. The monoisotopic (exact) mass is 446 g/mol. The molecule has 3 atom stereocenters. The van der Waals surface area contributed by atoms with Crippen LogP contribution < -0.4 is 15.1 Å². The Kier molecular flexibility index (Phi) is 5.86. The Morgan fingerprint density at radius 2 is 1.73 bits per heavy atom. The number of aliphatic hydroxyl groups is 1. The van der Waals surface area contributed by atoms with Crippen LogP contribution in [0.4, 0.5) is 11.9 Å². The number of aliphatic hydroxyl groups excluding tert-OH is 1. The van der Waals surface area contributed by atoms with Crippen LogP contribution in [0.5, 0.6) is 5.75 Å². The molecule has 3 aromatic rings. The Morgan fingerprint density at radius 3 is 2.48 bits per heavy atom. The van der Waals surface area contributed by atoms with Gasteiger partial charge in [0.05, 0.1) is 12.6 Å². The lowest BCUT2D eigenvalue weighted by atomic mass is 9.93. The Balaban J connectivity index is 1.60. The van der Waals surface area contributed by atoms with Gasteiger partial charge in [0.15, 0.2) is 5.82 Å². The molecule has 2 aromatic carbocycles. The maximum Gasteiger partial charge on any atom is 0.231 e. The highest BCUT2D eigenvalue weighted by Crippen LogP contribution is 2.33. The van der Waals surface area contributed by atoms with Gasteiger partial charge in [-0.3, -0.25) is 0 Å². The lowest BCUT2D eigenvalue weighted by Crippen LogP contribution is -2.54. The second-order valence-corrected chi connectivity index (χ2v) is 9.02. The van der Waals surface area contributed by atoms with Crippen LogP contribution in [0.25, 0.3) is 11.4 Å². The van der Waals surface area contributed by atoms with Crippen molar-refractivity contribution in [1.82, 2.24) is 20.3 Å². The maximum atomic E-state index is 10.3. The van der Waals surface area contributed by atoms with Crippen LogP contribution in [0.15, 0.2) is 48.5 Å². The number of rotatable bonds is 4. The van der Waals surface area contributed by atoms with Crippen LogP contribution >= 0.6 is 0 Å². The summed E-state index contributed by atoms with van der Waals surface area (Å²) < 4.78 is 0. The highest BCUT2D eigenvalue weighted by Gasteiger charge is 2.31. The van der Waals surface area contributed by atoms with E-state index in [1.807, 2.05) is 18.2 Å². The van der Waals surface area contributed by atoms with Gasteiger partial charge in [0.2, 0.25) is 11.9 Å². The molecule has 8 heteroatoms. The van der Waals surface area contributed by atoms with Crippen molar-refractivity contribution in [3.8, 4) is 17.1 Å². The van der Waals surface area contributed by atoms with Crippen LogP contribution in [-0.4, -0.2) is 63.5 Å². The summed E-state index contributed by atoms with van der Waals surface area (Å²) in [5, 5.41) is 23.9. The van der Waals surface area contributed by atoms with Crippen molar-refractivity contribution in [3.63, 3.8) is 0 Å². The second kappa shape index (κ2) is 8.96. The van der Waals surface area contributed by atoms with E-state index in [1.165, 1.54) is 5.56 Å². The summed E-state index contributed by atoms with van der Waals surface area (Å²) in [6.45, 7) is 6.58. The van der Waals surface area contributed by atoms with Crippen molar-refractivity contribution in [3.05, 3.63) is 59.7 Å². The maximum absolute atomic E-state index is 10.3. The van der Waals surface area contributed by atoms with Crippen LogP contribution in [0.1, 0.15) is 31.0 Å². The van der Waals surface area contributed by atoms with E-state index in [9.17, 15) is 10.2 Å². The molecule has 3 heterocycles. The molecule has 0 aliphatic carbocycles. The lowest BCUT2D eigenvalue weighted by molar-refractivity contribution is 0.256. The number of nitrogens with one attached hydrogen (secondary N) is 1. The highest BCUT2D eigenvalue weighted by molar-refractivity contribution is 5.61. The zero-order chi connectivity index (χ0) is 22.9. The molecular formula is C25H30N6O2. The number of nitrogens with zero attached hydrogens (tertiary/aromatic N) is 5. The number of benzene rings is 2. The number of aromatic hydroxyl groups is 1. The van der Waals surface area contributed by atoms with Crippen molar-refractivity contribution in [2.75, 3.05) is 36.0 Å². The summed E-state index contributed by atoms with van der Waals surface area (Å²) >= 11 is 0. The van der Waals surface area contributed by atoms with E-state index in [4.69, 9.17) is 15.0 Å². The Hall–Kier alpha value is -3.23. The van der Waals surface area contributed by atoms with Crippen molar-refractivity contribution in [2.24, 2.45) is 0 Å². The average Bonchev–Trinajstić information content (AvgIpc) is 2.82. The van der Waals surface area contributed by atoms with Gasteiger partial charge in [0.1, 0.15) is 5.75 Å². The number of phenols is 1. The fourth-order valence-corrected chi connectivity index (χ4v) is 4.98. The third-order valence-electron chi connectivity index (χ3n) is 6.40. The predicted molar refractivity (Wildman–Crippen MR) is 129 cm³/mol. The first-order valence-corrected chi connectivity index (χ1v) is 11.5. The molecule has 8 nitrogen and oxygen atoms in total. The quantitative estimate of drug-likeness (QED) is 0.563. The van der Waals surface area contributed by atoms with Crippen LogP contribution in [0, 0.1) is 0 Å². The molecule has 2 aliphatic rings. The van der Waals surface area contributed by atoms with Gasteiger partial charge in [-0.2, -0.15) is 15.0 Å². The summed E-state index contributed by atoms with van der Waals surface area (Å²) in [5.74, 6) is 1.85.